The Hall–Kier alpha value is -2.68. The van der Waals surface area contributed by atoms with Gasteiger partial charge in [-0.3, -0.25) is 14.4 Å². The Bertz CT molecular complexity index is 1140. The van der Waals surface area contributed by atoms with Crippen LogP contribution in [0.2, 0.25) is 0 Å². The minimum absolute atomic E-state index is 0.119. The number of thioether (sulfide) groups is 1. The van der Waals surface area contributed by atoms with Crippen LogP contribution in [0.3, 0.4) is 0 Å². The topological polar surface area (TPSA) is 113 Å². The lowest BCUT2D eigenvalue weighted by molar-refractivity contribution is -0.134. The summed E-state index contributed by atoms with van der Waals surface area (Å²) in [4.78, 5) is 37.1. The van der Waals surface area contributed by atoms with Crippen LogP contribution in [-0.4, -0.2) is 51.1 Å². The van der Waals surface area contributed by atoms with Crippen LogP contribution in [0, 0.1) is 11.3 Å². The molecule has 7 nitrogen and oxygen atoms in total. The number of amides is 1. The standard InChI is InChI=1S/C34H47NO6S/c1-4-5-21-34(2,3)30(38)23-42-32-27(28(36)22-29(32)37)15-11-6-7-12-16-31(39)41-26-19-17-25(18-20-26)35-33(40)24-13-9-8-10-14-24/h8-10,13-14,17-20,27,29-30,32,37-38H,4-7,11-12,15-16,21-23H2,1-3H3,(H,35,40)/t27-,29+,30?,32+/m0/s1. The summed E-state index contributed by atoms with van der Waals surface area (Å²) >= 11 is 1.55. The number of anilines is 1. The van der Waals surface area contributed by atoms with Crippen LogP contribution in [0.5, 0.6) is 5.75 Å². The molecule has 42 heavy (non-hydrogen) atoms. The number of aliphatic hydroxyl groups is 2. The zero-order chi connectivity index (χ0) is 30.5. The first-order valence-corrected chi connectivity index (χ1v) is 16.3. The summed E-state index contributed by atoms with van der Waals surface area (Å²) in [5.74, 6) is 0.384. The molecule has 2 aromatic carbocycles. The monoisotopic (exact) mass is 597 g/mol. The molecule has 0 heterocycles. The van der Waals surface area contributed by atoms with E-state index in [9.17, 15) is 24.6 Å². The molecule has 1 aliphatic carbocycles. The van der Waals surface area contributed by atoms with Crippen LogP contribution in [0.1, 0.15) is 95.3 Å². The van der Waals surface area contributed by atoms with E-state index in [4.69, 9.17) is 4.74 Å². The molecular weight excluding hydrogens is 550 g/mol. The van der Waals surface area contributed by atoms with Crippen LogP contribution < -0.4 is 10.1 Å². The maximum absolute atomic E-state index is 12.6. The van der Waals surface area contributed by atoms with Gasteiger partial charge in [-0.15, -0.1) is 0 Å². The van der Waals surface area contributed by atoms with Crippen molar-refractivity contribution in [1.82, 2.24) is 0 Å². The van der Waals surface area contributed by atoms with Crippen molar-refractivity contribution in [2.45, 2.75) is 102 Å². The smallest absolute Gasteiger partial charge is 0.311 e. The molecule has 1 fully saturated rings. The van der Waals surface area contributed by atoms with E-state index in [0.717, 1.165) is 44.9 Å². The molecule has 1 amide bonds. The van der Waals surface area contributed by atoms with Crippen molar-refractivity contribution < 1.29 is 29.3 Å². The summed E-state index contributed by atoms with van der Waals surface area (Å²) in [6.07, 6.45) is 6.52. The number of ketones is 1. The van der Waals surface area contributed by atoms with Crippen molar-refractivity contribution in [3.05, 3.63) is 60.2 Å². The number of aliphatic hydroxyl groups excluding tert-OH is 2. The van der Waals surface area contributed by atoms with Gasteiger partial charge in [-0.2, -0.15) is 11.8 Å². The second-order valence-electron chi connectivity index (χ2n) is 12.0. The highest BCUT2D eigenvalue weighted by atomic mass is 32.2. The Morgan fingerprint density at radius 1 is 1.02 bits per heavy atom. The van der Waals surface area contributed by atoms with Gasteiger partial charge in [0.15, 0.2) is 0 Å². The minimum Gasteiger partial charge on any atom is -0.427 e. The molecule has 3 N–H and O–H groups in total. The first-order chi connectivity index (χ1) is 20.1. The Morgan fingerprint density at radius 3 is 2.40 bits per heavy atom. The fourth-order valence-electron chi connectivity index (χ4n) is 5.27. The molecular formula is C34H47NO6S. The van der Waals surface area contributed by atoms with Gasteiger partial charge >= 0.3 is 5.97 Å². The molecule has 0 spiro atoms. The van der Waals surface area contributed by atoms with E-state index in [-0.39, 0.29) is 40.7 Å². The van der Waals surface area contributed by atoms with Crippen LogP contribution >= 0.6 is 11.8 Å². The Labute approximate surface area is 254 Å². The normalized spacial score (nSPS) is 19.5. The van der Waals surface area contributed by atoms with E-state index in [2.05, 4.69) is 26.1 Å². The summed E-state index contributed by atoms with van der Waals surface area (Å²) in [6.45, 7) is 6.31. The number of unbranched alkanes of at least 4 members (excludes halogenated alkanes) is 4. The van der Waals surface area contributed by atoms with E-state index in [1.807, 2.05) is 6.07 Å². The third-order valence-electron chi connectivity index (χ3n) is 8.15. The van der Waals surface area contributed by atoms with Gasteiger partial charge < -0.3 is 20.3 Å². The van der Waals surface area contributed by atoms with Gasteiger partial charge in [0, 0.05) is 41.0 Å². The number of nitrogens with one attached hydrogen (secondary N) is 1. The lowest BCUT2D eigenvalue weighted by atomic mass is 9.82. The largest absolute Gasteiger partial charge is 0.427 e. The summed E-state index contributed by atoms with van der Waals surface area (Å²) in [5, 5.41) is 23.9. The van der Waals surface area contributed by atoms with Crippen molar-refractivity contribution in [1.29, 1.82) is 0 Å². The number of hydrogen-bond acceptors (Lipinski definition) is 7. The molecule has 1 saturated carbocycles. The zero-order valence-electron chi connectivity index (χ0n) is 25.2. The molecule has 4 atom stereocenters. The molecule has 0 aromatic heterocycles. The average Bonchev–Trinajstić information content (AvgIpc) is 3.25. The first kappa shape index (κ1) is 33.8. The van der Waals surface area contributed by atoms with Gasteiger partial charge in [0.1, 0.15) is 11.5 Å². The number of esters is 1. The fourth-order valence-corrected chi connectivity index (χ4v) is 6.97. The first-order valence-electron chi connectivity index (χ1n) is 15.3. The number of benzene rings is 2. The maximum atomic E-state index is 12.6. The second kappa shape index (κ2) is 16.8. The van der Waals surface area contributed by atoms with Crippen LogP contribution in [0.4, 0.5) is 5.69 Å². The van der Waals surface area contributed by atoms with E-state index < -0.39 is 12.2 Å². The number of Topliss-reactive ketones (excluding diaryl/α,β-unsaturated/α-hetero) is 1. The number of carbonyl (C=O) groups is 3. The van der Waals surface area contributed by atoms with E-state index in [1.54, 1.807) is 60.3 Å². The molecule has 1 aliphatic rings. The predicted molar refractivity (Wildman–Crippen MR) is 169 cm³/mol. The minimum atomic E-state index is -0.651. The quantitative estimate of drug-likeness (QED) is 0.104. The molecule has 8 heteroatoms. The van der Waals surface area contributed by atoms with Gasteiger partial charge in [0.2, 0.25) is 0 Å². The van der Waals surface area contributed by atoms with E-state index in [0.29, 0.717) is 35.6 Å². The molecule has 0 saturated heterocycles. The number of carbonyl (C=O) groups excluding carboxylic acids is 3. The van der Waals surface area contributed by atoms with Crippen LogP contribution in [-0.2, 0) is 9.59 Å². The second-order valence-corrected chi connectivity index (χ2v) is 13.2. The Morgan fingerprint density at radius 2 is 1.71 bits per heavy atom. The molecule has 0 radical (unpaired) electrons. The average molecular weight is 598 g/mol. The molecule has 3 rings (SSSR count). The van der Waals surface area contributed by atoms with Gasteiger partial charge in [-0.25, -0.2) is 0 Å². The number of rotatable bonds is 17. The maximum Gasteiger partial charge on any atom is 0.311 e. The summed E-state index contributed by atoms with van der Waals surface area (Å²) in [7, 11) is 0. The van der Waals surface area contributed by atoms with Crippen LogP contribution in [0.25, 0.3) is 0 Å². The lowest BCUT2D eigenvalue weighted by Crippen LogP contribution is -2.33. The molecule has 2 aromatic rings. The number of ether oxygens (including phenoxy) is 1. The SMILES string of the molecule is CCCCC(C)(C)C(O)CS[C@H]1[C@H](O)CC(=O)[C@@H]1CCCCCCC(=O)Oc1ccc(NC(=O)c2ccccc2)cc1. The molecule has 0 bridgehead atoms. The number of hydrogen-bond donors (Lipinski definition) is 3. The summed E-state index contributed by atoms with van der Waals surface area (Å²) < 4.78 is 5.43. The van der Waals surface area contributed by atoms with E-state index in [1.165, 1.54) is 0 Å². The Balaban J connectivity index is 1.33. The summed E-state index contributed by atoms with van der Waals surface area (Å²) in [5.41, 5.74) is 0.998. The highest BCUT2D eigenvalue weighted by Crippen LogP contribution is 2.39. The van der Waals surface area contributed by atoms with Gasteiger partial charge in [-0.05, 0) is 61.1 Å². The van der Waals surface area contributed by atoms with E-state index >= 15 is 0 Å². The predicted octanol–water partition coefficient (Wildman–Crippen LogP) is 6.81. The van der Waals surface area contributed by atoms with Gasteiger partial charge in [-0.1, -0.05) is 71.1 Å². The van der Waals surface area contributed by atoms with Crippen molar-refractivity contribution in [3.8, 4) is 5.75 Å². The Kier molecular flexibility index (Phi) is 13.5. The van der Waals surface area contributed by atoms with Crippen molar-refractivity contribution >= 4 is 35.1 Å². The molecule has 230 valence electrons. The third kappa shape index (κ3) is 10.5. The molecule has 1 unspecified atom stereocenters. The third-order valence-corrected chi connectivity index (χ3v) is 9.68. The zero-order valence-corrected chi connectivity index (χ0v) is 26.0. The summed E-state index contributed by atoms with van der Waals surface area (Å²) in [6, 6.07) is 15.7. The fraction of sp³-hybridized carbons (Fsp3) is 0.559. The van der Waals surface area contributed by atoms with Crippen molar-refractivity contribution in [3.63, 3.8) is 0 Å². The molecule has 0 aliphatic heterocycles. The highest BCUT2D eigenvalue weighted by molar-refractivity contribution is 8.00. The van der Waals surface area contributed by atoms with Crippen molar-refractivity contribution in [2.24, 2.45) is 11.3 Å². The van der Waals surface area contributed by atoms with Crippen molar-refractivity contribution in [2.75, 3.05) is 11.1 Å². The highest BCUT2D eigenvalue weighted by Gasteiger charge is 2.42. The van der Waals surface area contributed by atoms with Gasteiger partial charge in [0.05, 0.1) is 12.2 Å². The van der Waals surface area contributed by atoms with Gasteiger partial charge in [0.25, 0.3) is 5.91 Å². The van der Waals surface area contributed by atoms with Crippen LogP contribution in [0.15, 0.2) is 54.6 Å². The lowest BCUT2D eigenvalue weighted by Gasteiger charge is -2.32.